The van der Waals surface area contributed by atoms with Crippen molar-refractivity contribution in [2.45, 2.75) is 59.0 Å². The number of aliphatic carboxylic acids is 1. The Hall–Kier alpha value is -1.39. The molecule has 1 fully saturated rings. The molecule has 0 saturated carbocycles. The summed E-state index contributed by atoms with van der Waals surface area (Å²) in [6.07, 6.45) is 1.06. The van der Waals surface area contributed by atoms with Gasteiger partial charge in [-0.3, -0.25) is 14.6 Å². The fraction of sp³-hybridized carbons (Fsp3) is 0.667. The summed E-state index contributed by atoms with van der Waals surface area (Å²) in [5.74, 6) is 0.352. The second kappa shape index (κ2) is 8.81. The van der Waals surface area contributed by atoms with Gasteiger partial charge in [0.1, 0.15) is 6.04 Å². The van der Waals surface area contributed by atoms with Crippen LogP contribution in [0.3, 0.4) is 0 Å². The second-order valence-corrected chi connectivity index (χ2v) is 8.01. The first-order chi connectivity index (χ1) is 11.8. The Morgan fingerprint density at radius 3 is 2.20 bits per heavy atom. The highest BCUT2D eigenvalue weighted by molar-refractivity contribution is 5.75. The summed E-state index contributed by atoms with van der Waals surface area (Å²) in [4.78, 5) is 16.7. The van der Waals surface area contributed by atoms with E-state index in [1.165, 1.54) is 5.56 Å². The molecule has 140 valence electrons. The standard InChI is InChI=1S/C21H34N2O2/c1-6-19-14-23(12-11-22(19)13-15(2)3)20(21(24)25)18-9-7-17(8-10-18)16(4)5/h7-10,15-16,19-20H,6,11-14H2,1-5H3,(H,24,25). The quantitative estimate of drug-likeness (QED) is 0.811. The zero-order valence-corrected chi connectivity index (χ0v) is 16.4. The molecule has 0 aliphatic carbocycles. The van der Waals surface area contributed by atoms with Gasteiger partial charge in [0.15, 0.2) is 0 Å². The Balaban J connectivity index is 2.16. The summed E-state index contributed by atoms with van der Waals surface area (Å²) in [5.41, 5.74) is 2.14. The van der Waals surface area contributed by atoms with Gasteiger partial charge in [-0.2, -0.15) is 0 Å². The van der Waals surface area contributed by atoms with Crippen LogP contribution in [0.2, 0.25) is 0 Å². The molecule has 0 spiro atoms. The van der Waals surface area contributed by atoms with Crippen LogP contribution in [0.15, 0.2) is 24.3 Å². The van der Waals surface area contributed by atoms with Crippen molar-refractivity contribution in [3.63, 3.8) is 0 Å². The zero-order valence-electron chi connectivity index (χ0n) is 16.4. The normalized spacial score (nSPS) is 21.0. The number of piperazine rings is 1. The van der Waals surface area contributed by atoms with Crippen molar-refractivity contribution in [2.24, 2.45) is 5.92 Å². The highest BCUT2D eigenvalue weighted by Crippen LogP contribution is 2.27. The van der Waals surface area contributed by atoms with Gasteiger partial charge in [0.25, 0.3) is 0 Å². The third-order valence-corrected chi connectivity index (χ3v) is 5.22. The summed E-state index contributed by atoms with van der Waals surface area (Å²) in [6.45, 7) is 14.7. The summed E-state index contributed by atoms with van der Waals surface area (Å²) >= 11 is 0. The van der Waals surface area contributed by atoms with Gasteiger partial charge in [-0.05, 0) is 29.4 Å². The molecular weight excluding hydrogens is 312 g/mol. The molecule has 2 rings (SSSR count). The predicted octanol–water partition coefficient (Wildman–Crippen LogP) is 3.99. The minimum atomic E-state index is -0.746. The van der Waals surface area contributed by atoms with Crippen LogP contribution >= 0.6 is 0 Å². The van der Waals surface area contributed by atoms with E-state index in [4.69, 9.17) is 0 Å². The minimum Gasteiger partial charge on any atom is -0.480 e. The van der Waals surface area contributed by atoms with Gasteiger partial charge >= 0.3 is 5.97 Å². The number of carboxylic acid groups (broad SMARTS) is 1. The minimum absolute atomic E-state index is 0.438. The molecule has 0 radical (unpaired) electrons. The molecule has 1 saturated heterocycles. The number of benzene rings is 1. The van der Waals surface area contributed by atoms with Gasteiger partial charge in [0, 0.05) is 32.2 Å². The average Bonchev–Trinajstić information content (AvgIpc) is 2.56. The molecule has 2 unspecified atom stereocenters. The van der Waals surface area contributed by atoms with E-state index in [0.29, 0.717) is 17.9 Å². The molecule has 4 heteroatoms. The highest BCUT2D eigenvalue weighted by Gasteiger charge is 2.34. The second-order valence-electron chi connectivity index (χ2n) is 8.01. The summed E-state index contributed by atoms with van der Waals surface area (Å²) in [6, 6.07) is 8.03. The van der Waals surface area contributed by atoms with E-state index in [2.05, 4.69) is 56.6 Å². The summed E-state index contributed by atoms with van der Waals surface area (Å²) < 4.78 is 0. The molecule has 4 nitrogen and oxygen atoms in total. The van der Waals surface area contributed by atoms with Crippen LogP contribution in [0.5, 0.6) is 0 Å². The van der Waals surface area contributed by atoms with Gasteiger partial charge in [-0.15, -0.1) is 0 Å². The van der Waals surface area contributed by atoms with E-state index in [9.17, 15) is 9.90 Å². The monoisotopic (exact) mass is 346 g/mol. The maximum atomic E-state index is 12.0. The number of nitrogens with zero attached hydrogens (tertiary/aromatic N) is 2. The Kier molecular flexibility index (Phi) is 7.03. The predicted molar refractivity (Wildman–Crippen MR) is 103 cm³/mol. The zero-order chi connectivity index (χ0) is 18.6. The molecule has 1 aliphatic rings. The highest BCUT2D eigenvalue weighted by atomic mass is 16.4. The number of carbonyl (C=O) groups is 1. The van der Waals surface area contributed by atoms with E-state index in [-0.39, 0.29) is 0 Å². The number of hydrogen-bond donors (Lipinski definition) is 1. The van der Waals surface area contributed by atoms with Gasteiger partial charge < -0.3 is 5.11 Å². The van der Waals surface area contributed by atoms with Crippen molar-refractivity contribution in [2.75, 3.05) is 26.2 Å². The SMILES string of the molecule is CCC1CN(C(C(=O)O)c2ccc(C(C)C)cc2)CCN1CC(C)C. The average molecular weight is 347 g/mol. The lowest BCUT2D eigenvalue weighted by Crippen LogP contribution is -2.55. The molecule has 0 bridgehead atoms. The maximum absolute atomic E-state index is 12.0. The molecule has 1 aromatic rings. The van der Waals surface area contributed by atoms with Crippen LogP contribution in [0, 0.1) is 5.92 Å². The molecular formula is C21H34N2O2. The Labute approximate surface area is 152 Å². The van der Waals surface area contributed by atoms with Crippen molar-refractivity contribution < 1.29 is 9.90 Å². The largest absolute Gasteiger partial charge is 0.480 e. The molecule has 1 aromatic carbocycles. The topological polar surface area (TPSA) is 43.8 Å². The Morgan fingerprint density at radius 1 is 1.12 bits per heavy atom. The van der Waals surface area contributed by atoms with Crippen molar-refractivity contribution in [3.05, 3.63) is 35.4 Å². The lowest BCUT2D eigenvalue weighted by molar-refractivity contribution is -0.145. The first kappa shape index (κ1) is 19.9. The van der Waals surface area contributed by atoms with E-state index in [0.717, 1.165) is 38.2 Å². The molecule has 1 heterocycles. The van der Waals surface area contributed by atoms with Gasteiger partial charge in [0.2, 0.25) is 0 Å². The fourth-order valence-corrected chi connectivity index (χ4v) is 3.82. The van der Waals surface area contributed by atoms with E-state index in [1.807, 2.05) is 12.1 Å². The molecule has 0 aromatic heterocycles. The van der Waals surface area contributed by atoms with Gasteiger partial charge in [-0.1, -0.05) is 58.9 Å². The molecule has 0 amide bonds. The molecule has 1 N–H and O–H groups in total. The third kappa shape index (κ3) is 5.05. The lowest BCUT2D eigenvalue weighted by atomic mass is 9.97. The van der Waals surface area contributed by atoms with Crippen molar-refractivity contribution >= 4 is 5.97 Å². The summed E-state index contributed by atoms with van der Waals surface area (Å²) in [5, 5.41) is 9.87. The number of hydrogen-bond acceptors (Lipinski definition) is 3. The Morgan fingerprint density at radius 2 is 1.72 bits per heavy atom. The van der Waals surface area contributed by atoms with E-state index >= 15 is 0 Å². The van der Waals surface area contributed by atoms with E-state index < -0.39 is 12.0 Å². The molecule has 2 atom stereocenters. The summed E-state index contributed by atoms with van der Waals surface area (Å²) in [7, 11) is 0. The Bertz CT molecular complexity index is 554. The first-order valence-electron chi connectivity index (χ1n) is 9.64. The smallest absolute Gasteiger partial charge is 0.325 e. The van der Waals surface area contributed by atoms with Crippen molar-refractivity contribution in [1.82, 2.24) is 9.80 Å². The van der Waals surface area contributed by atoms with Crippen LogP contribution in [0.25, 0.3) is 0 Å². The van der Waals surface area contributed by atoms with Crippen LogP contribution in [-0.4, -0.2) is 53.1 Å². The third-order valence-electron chi connectivity index (χ3n) is 5.22. The van der Waals surface area contributed by atoms with Gasteiger partial charge in [0.05, 0.1) is 0 Å². The van der Waals surface area contributed by atoms with Crippen LogP contribution < -0.4 is 0 Å². The van der Waals surface area contributed by atoms with Crippen molar-refractivity contribution in [3.8, 4) is 0 Å². The number of carboxylic acids is 1. The first-order valence-corrected chi connectivity index (χ1v) is 9.64. The van der Waals surface area contributed by atoms with Gasteiger partial charge in [-0.25, -0.2) is 0 Å². The molecule has 25 heavy (non-hydrogen) atoms. The van der Waals surface area contributed by atoms with Crippen molar-refractivity contribution in [1.29, 1.82) is 0 Å². The van der Waals surface area contributed by atoms with Crippen LogP contribution in [0.1, 0.15) is 64.1 Å². The molecule has 1 aliphatic heterocycles. The lowest BCUT2D eigenvalue weighted by Gasteiger charge is -2.44. The van der Waals surface area contributed by atoms with E-state index in [1.54, 1.807) is 0 Å². The van der Waals surface area contributed by atoms with Crippen LogP contribution in [0.4, 0.5) is 0 Å². The fourth-order valence-electron chi connectivity index (χ4n) is 3.82. The number of rotatable bonds is 7. The maximum Gasteiger partial charge on any atom is 0.325 e. The van der Waals surface area contributed by atoms with Crippen LogP contribution in [-0.2, 0) is 4.79 Å².